The van der Waals surface area contributed by atoms with Crippen LogP contribution in [0.25, 0.3) is 10.8 Å². The molecule has 0 radical (unpaired) electrons. The fourth-order valence-electron chi connectivity index (χ4n) is 1.42. The molecule has 0 aromatic heterocycles. The van der Waals surface area contributed by atoms with E-state index in [1.165, 1.54) is 6.07 Å². The molecule has 0 amide bonds. The van der Waals surface area contributed by atoms with E-state index in [1.54, 1.807) is 30.3 Å². The molecule has 17 heavy (non-hydrogen) atoms. The third kappa shape index (κ3) is 3.26. The van der Waals surface area contributed by atoms with E-state index < -0.39 is 10.1 Å². The molecule has 1 saturated heterocycles. The van der Waals surface area contributed by atoms with Crippen molar-refractivity contribution >= 4 is 20.9 Å². The average molecular weight is 252 g/mol. The maximum absolute atomic E-state index is 11.0. The summed E-state index contributed by atoms with van der Waals surface area (Å²) in [6.07, 6.45) is 0. The summed E-state index contributed by atoms with van der Waals surface area (Å²) >= 11 is 0. The van der Waals surface area contributed by atoms with Gasteiger partial charge in [0.1, 0.15) is 4.90 Å². The fraction of sp³-hybridized carbons (Fsp3) is 0.167. The lowest BCUT2D eigenvalue weighted by atomic mass is 10.1. The van der Waals surface area contributed by atoms with Crippen LogP contribution in [0, 0.1) is 0 Å². The molecule has 2 aromatic rings. The lowest BCUT2D eigenvalue weighted by Gasteiger charge is -2.02. The van der Waals surface area contributed by atoms with Gasteiger partial charge in [-0.1, -0.05) is 36.4 Å². The zero-order valence-electron chi connectivity index (χ0n) is 9.04. The summed E-state index contributed by atoms with van der Waals surface area (Å²) in [5.41, 5.74) is 0. The Bertz CT molecular complexity index is 609. The van der Waals surface area contributed by atoms with E-state index in [4.69, 9.17) is 4.55 Å². The van der Waals surface area contributed by atoms with Crippen molar-refractivity contribution in [2.24, 2.45) is 0 Å². The van der Waals surface area contributed by atoms with Crippen LogP contribution in [-0.4, -0.2) is 26.2 Å². The summed E-state index contributed by atoms with van der Waals surface area (Å²) in [5.74, 6) is 0. The molecule has 1 fully saturated rings. The van der Waals surface area contributed by atoms with Gasteiger partial charge in [0.15, 0.2) is 0 Å². The minimum absolute atomic E-state index is 0.0457. The fourth-order valence-corrected chi connectivity index (χ4v) is 2.13. The van der Waals surface area contributed by atoms with Crippen molar-refractivity contribution in [1.82, 2.24) is 0 Å². The minimum atomic E-state index is -4.13. The van der Waals surface area contributed by atoms with Crippen molar-refractivity contribution in [3.05, 3.63) is 42.5 Å². The van der Waals surface area contributed by atoms with Gasteiger partial charge in [-0.25, -0.2) is 0 Å². The first-order chi connectivity index (χ1) is 8.09. The number of benzene rings is 2. The number of hydrogen-bond acceptors (Lipinski definition) is 3. The van der Waals surface area contributed by atoms with Crippen LogP contribution in [0.1, 0.15) is 0 Å². The lowest BCUT2D eigenvalue weighted by molar-refractivity contribution is 0.475. The second-order valence-corrected chi connectivity index (χ2v) is 4.95. The molecule has 0 unspecified atom stereocenters. The predicted octanol–water partition coefficient (Wildman–Crippen LogP) is 2.10. The Morgan fingerprint density at radius 2 is 1.59 bits per heavy atom. The summed E-state index contributed by atoms with van der Waals surface area (Å²) in [7, 11) is -4.13. The van der Waals surface area contributed by atoms with Crippen LogP contribution >= 0.6 is 0 Å². The molecule has 1 heterocycles. The van der Waals surface area contributed by atoms with Crippen LogP contribution in [0.15, 0.2) is 47.4 Å². The summed E-state index contributed by atoms with van der Waals surface area (Å²) in [5, 5.41) is 1.33. The molecular formula is C12H12O4S. The first kappa shape index (κ1) is 12.0. The topological polar surface area (TPSA) is 66.9 Å². The smallest absolute Gasteiger partial charge is 0.295 e. The minimum Gasteiger partial charge on any atom is -0.377 e. The highest BCUT2D eigenvalue weighted by Crippen LogP contribution is 2.21. The van der Waals surface area contributed by atoms with Crippen molar-refractivity contribution in [2.45, 2.75) is 4.90 Å². The molecule has 0 saturated carbocycles. The third-order valence-corrected chi connectivity index (χ3v) is 3.14. The standard InChI is InChI=1S/C10H8O3S.C2H4O/c11-14(12,13)10-7-3-5-8-4-1-2-6-9(8)10;1-2-3-1/h1-7H,(H,11,12,13);1-2H2. The van der Waals surface area contributed by atoms with Crippen molar-refractivity contribution < 1.29 is 17.7 Å². The largest absolute Gasteiger partial charge is 0.377 e. The molecule has 0 aliphatic carbocycles. The van der Waals surface area contributed by atoms with Crippen LogP contribution in [0.5, 0.6) is 0 Å². The lowest BCUT2D eigenvalue weighted by Crippen LogP contribution is -1.98. The molecule has 1 N–H and O–H groups in total. The Labute approximate surface area is 99.6 Å². The van der Waals surface area contributed by atoms with Crippen LogP contribution in [-0.2, 0) is 14.9 Å². The normalized spacial score (nSPS) is 13.9. The molecule has 2 aromatic carbocycles. The van der Waals surface area contributed by atoms with Gasteiger partial charge in [-0.2, -0.15) is 8.42 Å². The summed E-state index contributed by atoms with van der Waals surface area (Å²) in [6, 6.07) is 11.8. The Morgan fingerprint density at radius 1 is 1.00 bits per heavy atom. The number of rotatable bonds is 1. The van der Waals surface area contributed by atoms with Crippen molar-refractivity contribution in [3.8, 4) is 0 Å². The molecule has 5 heteroatoms. The molecule has 90 valence electrons. The first-order valence-corrected chi connectivity index (χ1v) is 6.56. The molecule has 1 aliphatic heterocycles. The SMILES string of the molecule is C1CO1.O=S(=O)(O)c1cccc2ccccc12. The van der Waals surface area contributed by atoms with Crippen LogP contribution in [0.2, 0.25) is 0 Å². The van der Waals surface area contributed by atoms with Gasteiger partial charge in [0, 0.05) is 5.39 Å². The number of hydrogen-bond donors (Lipinski definition) is 1. The highest BCUT2D eigenvalue weighted by molar-refractivity contribution is 7.86. The van der Waals surface area contributed by atoms with Gasteiger partial charge in [0.2, 0.25) is 0 Å². The zero-order valence-corrected chi connectivity index (χ0v) is 9.85. The zero-order chi connectivity index (χ0) is 12.3. The van der Waals surface area contributed by atoms with Crippen molar-refractivity contribution in [2.75, 3.05) is 13.2 Å². The van der Waals surface area contributed by atoms with E-state index >= 15 is 0 Å². The summed E-state index contributed by atoms with van der Waals surface area (Å²) in [4.78, 5) is -0.0457. The van der Waals surface area contributed by atoms with Gasteiger partial charge in [-0.3, -0.25) is 4.55 Å². The average Bonchev–Trinajstić information content (AvgIpc) is 3.14. The Kier molecular flexibility index (Phi) is 3.42. The number of fused-ring (bicyclic) bond motifs is 1. The maximum Gasteiger partial charge on any atom is 0.295 e. The summed E-state index contributed by atoms with van der Waals surface area (Å²) < 4.78 is 35.5. The molecule has 4 nitrogen and oxygen atoms in total. The Hall–Kier alpha value is -1.43. The van der Waals surface area contributed by atoms with Gasteiger partial charge < -0.3 is 4.74 Å². The molecule has 3 rings (SSSR count). The highest BCUT2D eigenvalue weighted by atomic mass is 32.2. The van der Waals surface area contributed by atoms with Gasteiger partial charge in [0.05, 0.1) is 13.2 Å². The Balaban J connectivity index is 0.000000313. The van der Waals surface area contributed by atoms with E-state index in [9.17, 15) is 8.42 Å². The van der Waals surface area contributed by atoms with E-state index in [-0.39, 0.29) is 4.90 Å². The molecule has 0 spiro atoms. The second kappa shape index (κ2) is 4.83. The van der Waals surface area contributed by atoms with Crippen LogP contribution in [0.3, 0.4) is 0 Å². The van der Waals surface area contributed by atoms with Crippen molar-refractivity contribution in [1.29, 1.82) is 0 Å². The highest BCUT2D eigenvalue weighted by Gasteiger charge is 2.12. The quantitative estimate of drug-likeness (QED) is 0.623. The van der Waals surface area contributed by atoms with Gasteiger partial charge in [0.25, 0.3) is 10.1 Å². The monoisotopic (exact) mass is 252 g/mol. The predicted molar refractivity (Wildman–Crippen MR) is 64.6 cm³/mol. The van der Waals surface area contributed by atoms with Crippen LogP contribution in [0.4, 0.5) is 0 Å². The van der Waals surface area contributed by atoms with Gasteiger partial charge in [-0.05, 0) is 11.5 Å². The summed E-state index contributed by atoms with van der Waals surface area (Å²) in [6.45, 7) is 2.00. The van der Waals surface area contributed by atoms with E-state index in [0.29, 0.717) is 5.39 Å². The molecule has 0 bridgehead atoms. The maximum atomic E-state index is 11.0. The third-order valence-electron chi connectivity index (χ3n) is 2.23. The number of epoxide rings is 1. The number of ether oxygens (including phenoxy) is 1. The molecular weight excluding hydrogens is 240 g/mol. The van der Waals surface area contributed by atoms with E-state index in [2.05, 4.69) is 4.74 Å². The van der Waals surface area contributed by atoms with Gasteiger partial charge in [-0.15, -0.1) is 0 Å². The van der Waals surface area contributed by atoms with E-state index in [0.717, 1.165) is 18.6 Å². The van der Waals surface area contributed by atoms with E-state index in [1.807, 2.05) is 6.07 Å². The molecule has 0 atom stereocenters. The second-order valence-electron chi connectivity index (χ2n) is 3.56. The van der Waals surface area contributed by atoms with Crippen LogP contribution < -0.4 is 0 Å². The molecule has 1 aliphatic rings. The van der Waals surface area contributed by atoms with Crippen molar-refractivity contribution in [3.63, 3.8) is 0 Å². The van der Waals surface area contributed by atoms with Gasteiger partial charge >= 0.3 is 0 Å². The first-order valence-electron chi connectivity index (χ1n) is 5.12. The Morgan fingerprint density at radius 3 is 2.18 bits per heavy atom.